The molecule has 0 fully saturated rings. The lowest BCUT2D eigenvalue weighted by Crippen LogP contribution is -2.58. The highest BCUT2D eigenvalue weighted by atomic mass is 28.4. The van der Waals surface area contributed by atoms with Crippen molar-refractivity contribution >= 4 is 14.0 Å². The SMILES string of the molecule is COCCO[Si](OCCOC)(OCCOC)c1ccccc1. The molecule has 0 aliphatic heterocycles. The van der Waals surface area contributed by atoms with E-state index < -0.39 is 8.80 Å². The molecule has 0 saturated heterocycles. The minimum atomic E-state index is -3.02. The number of ether oxygens (including phenoxy) is 3. The van der Waals surface area contributed by atoms with Crippen LogP contribution in [-0.4, -0.2) is 69.8 Å². The van der Waals surface area contributed by atoms with Crippen LogP contribution in [-0.2, 0) is 27.5 Å². The van der Waals surface area contributed by atoms with Gasteiger partial charge >= 0.3 is 8.80 Å². The molecule has 7 heteroatoms. The molecule has 6 nitrogen and oxygen atoms in total. The topological polar surface area (TPSA) is 55.4 Å². The number of methoxy groups -OCH3 is 3. The van der Waals surface area contributed by atoms with Gasteiger partial charge in [-0.25, -0.2) is 0 Å². The molecule has 0 aliphatic carbocycles. The molecule has 1 aromatic rings. The lowest BCUT2D eigenvalue weighted by atomic mass is 10.4. The molecule has 0 atom stereocenters. The molecular formula is C15H26O6Si. The fourth-order valence-corrected chi connectivity index (χ4v) is 4.20. The van der Waals surface area contributed by atoms with Gasteiger partial charge in [-0.05, 0) is 0 Å². The van der Waals surface area contributed by atoms with E-state index in [-0.39, 0.29) is 0 Å². The van der Waals surface area contributed by atoms with Crippen molar-refractivity contribution in [1.29, 1.82) is 0 Å². The highest BCUT2D eigenvalue weighted by Gasteiger charge is 2.44. The van der Waals surface area contributed by atoms with Gasteiger partial charge in [-0.1, -0.05) is 30.3 Å². The van der Waals surface area contributed by atoms with Gasteiger partial charge in [-0.15, -0.1) is 0 Å². The van der Waals surface area contributed by atoms with Gasteiger partial charge in [0.05, 0.1) is 39.6 Å². The van der Waals surface area contributed by atoms with Crippen LogP contribution in [0.25, 0.3) is 0 Å². The molecule has 0 amide bonds. The van der Waals surface area contributed by atoms with Crippen LogP contribution in [0.1, 0.15) is 0 Å². The smallest absolute Gasteiger partial charge is 0.382 e. The third-order valence-electron chi connectivity index (χ3n) is 2.87. The third-order valence-corrected chi connectivity index (χ3v) is 5.66. The second-order valence-corrected chi connectivity index (χ2v) is 7.00. The van der Waals surface area contributed by atoms with Gasteiger partial charge in [0.2, 0.25) is 0 Å². The zero-order chi connectivity index (χ0) is 16.1. The third kappa shape index (κ3) is 6.53. The fourth-order valence-electron chi connectivity index (χ4n) is 1.80. The summed E-state index contributed by atoms with van der Waals surface area (Å²) in [6.07, 6.45) is 0. The minimum Gasteiger partial charge on any atom is -0.382 e. The Kier molecular flexibility index (Phi) is 10.3. The first-order valence-corrected chi connectivity index (χ1v) is 8.95. The van der Waals surface area contributed by atoms with Crippen LogP contribution in [0, 0.1) is 0 Å². The summed E-state index contributed by atoms with van der Waals surface area (Å²) in [5.41, 5.74) is 0. The van der Waals surface area contributed by atoms with Gasteiger partial charge in [0.1, 0.15) is 0 Å². The Morgan fingerprint density at radius 2 is 1.05 bits per heavy atom. The van der Waals surface area contributed by atoms with E-state index in [1.807, 2.05) is 30.3 Å². The van der Waals surface area contributed by atoms with Crippen LogP contribution in [0.2, 0.25) is 0 Å². The van der Waals surface area contributed by atoms with Crippen molar-refractivity contribution in [3.05, 3.63) is 30.3 Å². The van der Waals surface area contributed by atoms with Gasteiger partial charge < -0.3 is 27.5 Å². The van der Waals surface area contributed by atoms with Gasteiger partial charge in [-0.2, -0.15) is 0 Å². The van der Waals surface area contributed by atoms with Crippen LogP contribution in [0.5, 0.6) is 0 Å². The van der Waals surface area contributed by atoms with Crippen LogP contribution >= 0.6 is 0 Å². The van der Waals surface area contributed by atoms with Crippen LogP contribution in [0.15, 0.2) is 30.3 Å². The van der Waals surface area contributed by atoms with E-state index in [1.165, 1.54) is 0 Å². The van der Waals surface area contributed by atoms with Gasteiger partial charge in [-0.3, -0.25) is 0 Å². The van der Waals surface area contributed by atoms with Crippen molar-refractivity contribution in [1.82, 2.24) is 0 Å². The summed E-state index contributed by atoms with van der Waals surface area (Å²) in [6.45, 7) is 2.63. The minimum absolute atomic E-state index is 0.400. The zero-order valence-corrected chi connectivity index (χ0v) is 14.6. The first-order chi connectivity index (χ1) is 10.8. The first-order valence-electron chi connectivity index (χ1n) is 7.23. The maximum absolute atomic E-state index is 6.01. The van der Waals surface area contributed by atoms with Crippen molar-refractivity contribution in [3.63, 3.8) is 0 Å². The van der Waals surface area contributed by atoms with Gasteiger partial charge in [0.25, 0.3) is 0 Å². The Bertz CT molecular complexity index is 349. The highest BCUT2D eigenvalue weighted by Crippen LogP contribution is 2.11. The molecule has 126 valence electrons. The summed E-state index contributed by atoms with van der Waals surface area (Å²) in [5.74, 6) is 0. The molecule has 1 aromatic carbocycles. The number of hydrogen-bond donors (Lipinski definition) is 0. The average molecular weight is 330 g/mol. The van der Waals surface area contributed by atoms with E-state index in [4.69, 9.17) is 27.5 Å². The Morgan fingerprint density at radius 1 is 0.636 bits per heavy atom. The fraction of sp³-hybridized carbons (Fsp3) is 0.600. The quantitative estimate of drug-likeness (QED) is 0.394. The Hall–Kier alpha value is -0.803. The number of benzene rings is 1. The molecule has 0 aliphatic rings. The highest BCUT2D eigenvalue weighted by molar-refractivity contribution is 6.75. The molecular weight excluding hydrogens is 304 g/mol. The van der Waals surface area contributed by atoms with Gasteiger partial charge in [0.15, 0.2) is 0 Å². The van der Waals surface area contributed by atoms with Crippen molar-refractivity contribution < 1.29 is 27.5 Å². The second-order valence-electron chi connectivity index (χ2n) is 4.45. The average Bonchev–Trinajstić information content (AvgIpc) is 2.56. The van der Waals surface area contributed by atoms with Crippen LogP contribution < -0.4 is 5.19 Å². The Morgan fingerprint density at radius 3 is 1.41 bits per heavy atom. The summed E-state index contributed by atoms with van der Waals surface area (Å²) in [6, 6.07) is 9.74. The molecule has 22 heavy (non-hydrogen) atoms. The van der Waals surface area contributed by atoms with E-state index in [1.54, 1.807) is 21.3 Å². The Balaban J connectivity index is 2.88. The number of hydrogen-bond acceptors (Lipinski definition) is 6. The van der Waals surface area contributed by atoms with Gasteiger partial charge in [0, 0.05) is 26.5 Å². The molecule has 0 N–H and O–H groups in total. The van der Waals surface area contributed by atoms with E-state index in [0.29, 0.717) is 39.6 Å². The molecule has 0 spiro atoms. The summed E-state index contributed by atoms with van der Waals surface area (Å²) in [4.78, 5) is 0. The predicted molar refractivity (Wildman–Crippen MR) is 85.3 cm³/mol. The summed E-state index contributed by atoms with van der Waals surface area (Å²) in [7, 11) is 1.87. The lowest BCUT2D eigenvalue weighted by molar-refractivity contribution is 0.0243. The normalized spacial score (nSPS) is 11.8. The predicted octanol–water partition coefficient (Wildman–Crippen LogP) is 0.822. The Labute approximate surface area is 133 Å². The molecule has 0 unspecified atom stereocenters. The summed E-state index contributed by atoms with van der Waals surface area (Å²) < 4.78 is 33.2. The van der Waals surface area contributed by atoms with Crippen LogP contribution in [0.3, 0.4) is 0 Å². The lowest BCUT2D eigenvalue weighted by Gasteiger charge is -2.29. The molecule has 0 saturated carbocycles. The van der Waals surface area contributed by atoms with Crippen LogP contribution in [0.4, 0.5) is 0 Å². The molecule has 0 heterocycles. The molecule has 0 aromatic heterocycles. The maximum atomic E-state index is 6.01. The monoisotopic (exact) mass is 330 g/mol. The standard InChI is InChI=1S/C15H26O6Si/c1-16-9-12-19-22(20-13-10-17-2,21-14-11-18-3)15-7-5-4-6-8-15/h4-8H,9-14H2,1-3H3. The van der Waals surface area contributed by atoms with E-state index >= 15 is 0 Å². The summed E-state index contributed by atoms with van der Waals surface area (Å²) >= 11 is 0. The van der Waals surface area contributed by atoms with E-state index in [9.17, 15) is 0 Å². The summed E-state index contributed by atoms with van der Waals surface area (Å²) in [5, 5.41) is 0.915. The first kappa shape index (κ1) is 19.2. The maximum Gasteiger partial charge on any atom is 0.537 e. The van der Waals surface area contributed by atoms with E-state index in [0.717, 1.165) is 5.19 Å². The zero-order valence-electron chi connectivity index (χ0n) is 13.6. The molecule has 0 bridgehead atoms. The molecule has 0 radical (unpaired) electrons. The second kappa shape index (κ2) is 11.7. The number of rotatable bonds is 13. The largest absolute Gasteiger partial charge is 0.537 e. The van der Waals surface area contributed by atoms with Crippen molar-refractivity contribution in [2.75, 3.05) is 61.0 Å². The van der Waals surface area contributed by atoms with E-state index in [2.05, 4.69) is 0 Å². The van der Waals surface area contributed by atoms with Crippen molar-refractivity contribution in [2.45, 2.75) is 0 Å². The molecule has 1 rings (SSSR count). The van der Waals surface area contributed by atoms with Crippen molar-refractivity contribution in [3.8, 4) is 0 Å². The van der Waals surface area contributed by atoms with Crippen molar-refractivity contribution in [2.24, 2.45) is 0 Å².